The Morgan fingerprint density at radius 2 is 2.06 bits per heavy atom. The first-order chi connectivity index (χ1) is 8.18. The van der Waals surface area contributed by atoms with Crippen molar-refractivity contribution < 1.29 is 4.79 Å². The maximum Gasteiger partial charge on any atom is 0.253 e. The van der Waals surface area contributed by atoms with E-state index in [1.165, 1.54) is 0 Å². The zero-order valence-corrected chi connectivity index (χ0v) is 11.9. The second-order valence-electron chi connectivity index (χ2n) is 4.42. The number of halogens is 2. The number of nitrogens with zero attached hydrogens (tertiary/aromatic N) is 1. The Morgan fingerprint density at radius 3 is 2.61 bits per heavy atom. The van der Waals surface area contributed by atoms with E-state index in [1.54, 1.807) is 24.3 Å². The molecule has 1 amide bonds. The second kappa shape index (κ2) is 6.98. The van der Waals surface area contributed by atoms with E-state index < -0.39 is 0 Å². The van der Waals surface area contributed by atoms with Crippen molar-refractivity contribution in [2.45, 2.75) is 18.9 Å². The Labute approximate surface area is 119 Å². The highest BCUT2D eigenvalue weighted by atomic mass is 35.5. The van der Waals surface area contributed by atoms with E-state index in [-0.39, 0.29) is 18.3 Å². The zero-order valence-electron chi connectivity index (χ0n) is 10.4. The number of hydrogen-bond donors (Lipinski definition) is 1. The molecule has 18 heavy (non-hydrogen) atoms. The number of rotatable bonds is 2. The zero-order chi connectivity index (χ0) is 12.3. The standard InChI is InChI=1S/C13H17ClN2O.ClH/c1-16(12-3-2-8-15-9-12)13(17)10-4-6-11(14)7-5-10;/h4-7,12,15H,2-3,8-9H2,1H3;1H/t12-;/m1./s1. The second-order valence-corrected chi connectivity index (χ2v) is 4.86. The maximum atomic E-state index is 12.2. The molecule has 1 aromatic rings. The van der Waals surface area contributed by atoms with Gasteiger partial charge in [0.2, 0.25) is 0 Å². The normalized spacial score (nSPS) is 18.9. The van der Waals surface area contributed by atoms with Gasteiger partial charge in [-0.2, -0.15) is 0 Å². The lowest BCUT2D eigenvalue weighted by atomic mass is 10.1. The van der Waals surface area contributed by atoms with Crippen molar-refractivity contribution in [1.82, 2.24) is 10.2 Å². The van der Waals surface area contributed by atoms with Crippen molar-refractivity contribution in [2.75, 3.05) is 20.1 Å². The van der Waals surface area contributed by atoms with Crippen LogP contribution in [0, 0.1) is 0 Å². The van der Waals surface area contributed by atoms with E-state index in [9.17, 15) is 4.79 Å². The van der Waals surface area contributed by atoms with Gasteiger partial charge in [-0.25, -0.2) is 0 Å². The molecule has 0 aromatic heterocycles. The average molecular weight is 289 g/mol. The topological polar surface area (TPSA) is 32.3 Å². The number of carbonyl (C=O) groups excluding carboxylic acids is 1. The molecule has 1 aromatic carbocycles. The van der Waals surface area contributed by atoms with E-state index in [4.69, 9.17) is 11.6 Å². The van der Waals surface area contributed by atoms with Crippen LogP contribution >= 0.6 is 24.0 Å². The van der Waals surface area contributed by atoms with Gasteiger partial charge >= 0.3 is 0 Å². The van der Waals surface area contributed by atoms with Crippen LogP contribution in [-0.2, 0) is 0 Å². The summed E-state index contributed by atoms with van der Waals surface area (Å²) in [6.07, 6.45) is 2.20. The fraction of sp³-hybridized carbons (Fsp3) is 0.462. The quantitative estimate of drug-likeness (QED) is 0.907. The van der Waals surface area contributed by atoms with Crippen LogP contribution in [0.5, 0.6) is 0 Å². The highest BCUT2D eigenvalue weighted by Gasteiger charge is 2.22. The van der Waals surface area contributed by atoms with E-state index in [0.29, 0.717) is 16.6 Å². The molecule has 1 N–H and O–H groups in total. The number of benzene rings is 1. The smallest absolute Gasteiger partial charge is 0.253 e. The molecular formula is C13H18Cl2N2O. The SMILES string of the molecule is CN(C(=O)c1ccc(Cl)cc1)[C@@H]1CCCNC1.Cl. The summed E-state index contributed by atoms with van der Waals surface area (Å²) in [4.78, 5) is 14.0. The summed E-state index contributed by atoms with van der Waals surface area (Å²) in [5, 5.41) is 3.97. The van der Waals surface area contributed by atoms with Crippen LogP contribution in [0.3, 0.4) is 0 Å². The predicted octanol–water partition coefficient (Wildman–Crippen LogP) is 2.59. The first-order valence-electron chi connectivity index (χ1n) is 5.92. The number of piperidine rings is 1. The number of likely N-dealkylation sites (N-methyl/N-ethyl adjacent to an activating group) is 1. The lowest BCUT2D eigenvalue weighted by Crippen LogP contribution is -2.46. The molecule has 0 unspecified atom stereocenters. The van der Waals surface area contributed by atoms with Crippen LogP contribution in [0.1, 0.15) is 23.2 Å². The van der Waals surface area contributed by atoms with Crippen LogP contribution in [0.2, 0.25) is 5.02 Å². The van der Waals surface area contributed by atoms with Crippen molar-refractivity contribution in [1.29, 1.82) is 0 Å². The van der Waals surface area contributed by atoms with Gasteiger partial charge < -0.3 is 10.2 Å². The van der Waals surface area contributed by atoms with Gasteiger partial charge in [-0.1, -0.05) is 11.6 Å². The molecule has 0 saturated carbocycles. The monoisotopic (exact) mass is 288 g/mol. The molecule has 0 spiro atoms. The minimum Gasteiger partial charge on any atom is -0.337 e. The van der Waals surface area contributed by atoms with Gasteiger partial charge in [0.15, 0.2) is 0 Å². The van der Waals surface area contributed by atoms with Crippen molar-refractivity contribution in [3.63, 3.8) is 0 Å². The molecule has 1 heterocycles. The van der Waals surface area contributed by atoms with Gasteiger partial charge in [-0.05, 0) is 43.7 Å². The Balaban J connectivity index is 0.00000162. The first kappa shape index (κ1) is 15.3. The van der Waals surface area contributed by atoms with Crippen LogP contribution in [-0.4, -0.2) is 37.0 Å². The Morgan fingerprint density at radius 1 is 1.39 bits per heavy atom. The van der Waals surface area contributed by atoms with E-state index in [1.807, 2.05) is 11.9 Å². The third kappa shape index (κ3) is 3.61. The molecule has 0 aliphatic carbocycles. The van der Waals surface area contributed by atoms with Crippen molar-refractivity contribution in [2.24, 2.45) is 0 Å². The van der Waals surface area contributed by atoms with E-state index in [2.05, 4.69) is 5.32 Å². The molecular weight excluding hydrogens is 271 g/mol. The third-order valence-corrected chi connectivity index (χ3v) is 3.48. The molecule has 0 radical (unpaired) electrons. The summed E-state index contributed by atoms with van der Waals surface area (Å²) in [6.45, 7) is 1.94. The summed E-state index contributed by atoms with van der Waals surface area (Å²) < 4.78 is 0. The Hall–Kier alpha value is -0.770. The lowest BCUT2D eigenvalue weighted by Gasteiger charge is -2.31. The van der Waals surface area contributed by atoms with Crippen LogP contribution in [0.25, 0.3) is 0 Å². The molecule has 0 bridgehead atoms. The largest absolute Gasteiger partial charge is 0.337 e. The van der Waals surface area contributed by atoms with Crippen LogP contribution < -0.4 is 5.32 Å². The Kier molecular flexibility index (Phi) is 5.93. The van der Waals surface area contributed by atoms with Gasteiger partial charge in [0.05, 0.1) is 0 Å². The number of carbonyl (C=O) groups is 1. The summed E-state index contributed by atoms with van der Waals surface area (Å²) in [5.74, 6) is 0.0652. The highest BCUT2D eigenvalue weighted by Crippen LogP contribution is 2.14. The molecule has 3 nitrogen and oxygen atoms in total. The summed E-state index contributed by atoms with van der Waals surface area (Å²) in [7, 11) is 1.87. The molecule has 1 aliphatic heterocycles. The molecule has 1 fully saturated rings. The molecule has 5 heteroatoms. The number of hydrogen-bond acceptors (Lipinski definition) is 2. The van der Waals surface area contributed by atoms with Gasteiger partial charge in [-0.3, -0.25) is 4.79 Å². The molecule has 100 valence electrons. The van der Waals surface area contributed by atoms with Gasteiger partial charge in [0.25, 0.3) is 5.91 Å². The number of nitrogens with one attached hydrogen (secondary N) is 1. The first-order valence-corrected chi connectivity index (χ1v) is 6.30. The lowest BCUT2D eigenvalue weighted by molar-refractivity contribution is 0.0708. The fourth-order valence-electron chi connectivity index (χ4n) is 2.13. The highest BCUT2D eigenvalue weighted by molar-refractivity contribution is 6.30. The van der Waals surface area contributed by atoms with Crippen LogP contribution in [0.15, 0.2) is 24.3 Å². The van der Waals surface area contributed by atoms with Crippen molar-refractivity contribution >= 4 is 29.9 Å². The third-order valence-electron chi connectivity index (χ3n) is 3.23. The molecule has 1 aliphatic rings. The molecule has 2 rings (SSSR count). The van der Waals surface area contributed by atoms with Gasteiger partial charge in [-0.15, -0.1) is 12.4 Å². The summed E-state index contributed by atoms with van der Waals surface area (Å²) in [5.41, 5.74) is 0.697. The molecule has 1 saturated heterocycles. The predicted molar refractivity (Wildman–Crippen MR) is 76.7 cm³/mol. The average Bonchev–Trinajstić information content (AvgIpc) is 2.39. The van der Waals surface area contributed by atoms with E-state index >= 15 is 0 Å². The minimum atomic E-state index is 0. The van der Waals surface area contributed by atoms with Gasteiger partial charge in [0, 0.05) is 30.2 Å². The maximum absolute atomic E-state index is 12.2. The van der Waals surface area contributed by atoms with Crippen molar-refractivity contribution in [3.8, 4) is 0 Å². The van der Waals surface area contributed by atoms with Crippen molar-refractivity contribution in [3.05, 3.63) is 34.9 Å². The summed E-state index contributed by atoms with van der Waals surface area (Å²) in [6, 6.07) is 7.35. The van der Waals surface area contributed by atoms with E-state index in [0.717, 1.165) is 25.9 Å². The van der Waals surface area contributed by atoms with Gasteiger partial charge in [0.1, 0.15) is 0 Å². The molecule has 1 atom stereocenters. The van der Waals surface area contributed by atoms with Crippen LogP contribution in [0.4, 0.5) is 0 Å². The number of amides is 1. The summed E-state index contributed by atoms with van der Waals surface area (Å²) >= 11 is 5.81. The Bertz CT molecular complexity index is 388. The fourth-order valence-corrected chi connectivity index (χ4v) is 2.25. The minimum absolute atomic E-state index is 0.